The van der Waals surface area contributed by atoms with Crippen LogP contribution in [0.5, 0.6) is 0 Å². The standard InChI is InChI=1S/C19H15FN4O/c20-18-14(6-3-7-22-18)13-5-2-1-4-12(13)11-8-16-15(17(25)9-11)10-23-19(21)24-16/h1-7,10-11H,8-9H2,(H2,21,23,24). The second kappa shape index (κ2) is 6.05. The molecule has 5 nitrogen and oxygen atoms in total. The highest BCUT2D eigenvalue weighted by Gasteiger charge is 2.29. The molecule has 1 aliphatic rings. The molecule has 0 radical (unpaired) electrons. The quantitative estimate of drug-likeness (QED) is 0.728. The topological polar surface area (TPSA) is 81.8 Å². The minimum absolute atomic E-state index is 0.0206. The Morgan fingerprint density at radius 2 is 1.80 bits per heavy atom. The number of aromatic nitrogens is 3. The van der Waals surface area contributed by atoms with Crippen molar-refractivity contribution in [2.45, 2.75) is 18.8 Å². The van der Waals surface area contributed by atoms with Gasteiger partial charge in [0.05, 0.1) is 11.3 Å². The number of pyridine rings is 1. The summed E-state index contributed by atoms with van der Waals surface area (Å²) >= 11 is 0. The first-order valence-corrected chi connectivity index (χ1v) is 7.98. The van der Waals surface area contributed by atoms with Gasteiger partial charge in [-0.05, 0) is 35.6 Å². The number of carbonyl (C=O) groups is 1. The van der Waals surface area contributed by atoms with Crippen molar-refractivity contribution >= 4 is 11.7 Å². The average Bonchev–Trinajstić information content (AvgIpc) is 2.62. The monoisotopic (exact) mass is 334 g/mol. The number of nitrogen functional groups attached to an aromatic ring is 1. The molecular weight excluding hydrogens is 319 g/mol. The van der Waals surface area contributed by atoms with Crippen LogP contribution >= 0.6 is 0 Å². The van der Waals surface area contributed by atoms with Gasteiger partial charge < -0.3 is 5.73 Å². The van der Waals surface area contributed by atoms with Gasteiger partial charge in [0.2, 0.25) is 11.9 Å². The summed E-state index contributed by atoms with van der Waals surface area (Å²) < 4.78 is 14.2. The van der Waals surface area contributed by atoms with E-state index in [2.05, 4.69) is 15.0 Å². The van der Waals surface area contributed by atoms with E-state index in [9.17, 15) is 9.18 Å². The number of nitrogens with two attached hydrogens (primary N) is 1. The van der Waals surface area contributed by atoms with Gasteiger partial charge in [0, 0.05) is 24.4 Å². The van der Waals surface area contributed by atoms with Crippen molar-refractivity contribution in [2.75, 3.05) is 5.73 Å². The summed E-state index contributed by atoms with van der Waals surface area (Å²) in [5.41, 5.74) is 8.92. The van der Waals surface area contributed by atoms with E-state index in [1.807, 2.05) is 24.3 Å². The SMILES string of the molecule is Nc1ncc2c(n1)CC(c1ccccc1-c1cccnc1F)CC2=O. The number of anilines is 1. The molecule has 0 saturated heterocycles. The second-order valence-electron chi connectivity index (χ2n) is 6.05. The maximum atomic E-state index is 14.2. The largest absolute Gasteiger partial charge is 0.368 e. The third-order valence-electron chi connectivity index (χ3n) is 4.51. The number of fused-ring (bicyclic) bond motifs is 1. The Morgan fingerprint density at radius 1 is 1.00 bits per heavy atom. The van der Waals surface area contributed by atoms with Gasteiger partial charge in [-0.25, -0.2) is 15.0 Å². The molecule has 6 heteroatoms. The minimum Gasteiger partial charge on any atom is -0.368 e. The van der Waals surface area contributed by atoms with Gasteiger partial charge in [-0.2, -0.15) is 4.39 Å². The highest BCUT2D eigenvalue weighted by Crippen LogP contribution is 2.37. The Hall–Kier alpha value is -3.15. The van der Waals surface area contributed by atoms with Crippen molar-refractivity contribution in [3.8, 4) is 11.1 Å². The Kier molecular flexibility index (Phi) is 3.72. The molecule has 2 N–H and O–H groups in total. The molecule has 1 aromatic carbocycles. The van der Waals surface area contributed by atoms with Crippen LogP contribution in [0.1, 0.15) is 34.0 Å². The Morgan fingerprint density at radius 3 is 2.64 bits per heavy atom. The van der Waals surface area contributed by atoms with Crippen LogP contribution < -0.4 is 5.73 Å². The molecule has 0 bridgehead atoms. The van der Waals surface area contributed by atoms with E-state index in [4.69, 9.17) is 5.73 Å². The number of rotatable bonds is 2. The fourth-order valence-corrected chi connectivity index (χ4v) is 3.37. The van der Waals surface area contributed by atoms with Crippen molar-refractivity contribution in [2.24, 2.45) is 0 Å². The molecule has 0 saturated carbocycles. The molecule has 2 heterocycles. The van der Waals surface area contributed by atoms with Gasteiger partial charge >= 0.3 is 0 Å². The maximum absolute atomic E-state index is 14.2. The summed E-state index contributed by atoms with van der Waals surface area (Å²) in [6, 6.07) is 10.9. The molecule has 1 atom stereocenters. The molecule has 0 amide bonds. The summed E-state index contributed by atoms with van der Waals surface area (Å²) in [6.45, 7) is 0. The highest BCUT2D eigenvalue weighted by atomic mass is 19.1. The Balaban J connectivity index is 1.79. The number of halogens is 1. The van der Waals surface area contributed by atoms with Crippen LogP contribution in [0, 0.1) is 5.95 Å². The first-order valence-electron chi connectivity index (χ1n) is 7.98. The van der Waals surface area contributed by atoms with Gasteiger partial charge in [0.25, 0.3) is 0 Å². The molecule has 4 rings (SSSR count). The molecule has 0 aliphatic heterocycles. The fraction of sp³-hybridized carbons (Fsp3) is 0.158. The summed E-state index contributed by atoms with van der Waals surface area (Å²) in [5.74, 6) is -0.485. The number of ketones is 1. The second-order valence-corrected chi connectivity index (χ2v) is 6.05. The number of Topliss-reactive ketones (excluding diaryl/α,β-unsaturated/α-hetero) is 1. The van der Waals surface area contributed by atoms with Crippen LogP contribution in [0.4, 0.5) is 10.3 Å². The fourth-order valence-electron chi connectivity index (χ4n) is 3.37. The Bertz CT molecular complexity index is 973. The summed E-state index contributed by atoms with van der Waals surface area (Å²) in [5, 5.41) is 0. The number of benzene rings is 1. The van der Waals surface area contributed by atoms with Gasteiger partial charge in [-0.3, -0.25) is 4.79 Å². The molecule has 2 aromatic heterocycles. The number of hydrogen-bond acceptors (Lipinski definition) is 5. The van der Waals surface area contributed by atoms with E-state index < -0.39 is 5.95 Å². The molecule has 25 heavy (non-hydrogen) atoms. The minimum atomic E-state index is -0.524. The van der Waals surface area contributed by atoms with E-state index in [1.165, 1.54) is 12.4 Å². The number of nitrogens with zero attached hydrogens (tertiary/aromatic N) is 3. The zero-order chi connectivity index (χ0) is 17.4. The smallest absolute Gasteiger partial charge is 0.220 e. The lowest BCUT2D eigenvalue weighted by Crippen LogP contribution is -2.21. The lowest BCUT2D eigenvalue weighted by atomic mass is 9.79. The zero-order valence-electron chi connectivity index (χ0n) is 13.3. The average molecular weight is 334 g/mol. The normalized spacial score (nSPS) is 16.5. The van der Waals surface area contributed by atoms with Gasteiger partial charge in [0.1, 0.15) is 0 Å². The predicted molar refractivity (Wildman–Crippen MR) is 91.5 cm³/mol. The molecular formula is C19H15FN4O. The van der Waals surface area contributed by atoms with Crippen LogP contribution in [0.25, 0.3) is 11.1 Å². The molecule has 0 fully saturated rings. The van der Waals surface area contributed by atoms with E-state index >= 15 is 0 Å². The maximum Gasteiger partial charge on any atom is 0.220 e. The van der Waals surface area contributed by atoms with Crippen molar-refractivity contribution in [3.63, 3.8) is 0 Å². The van der Waals surface area contributed by atoms with Crippen LogP contribution in [0.2, 0.25) is 0 Å². The summed E-state index contributed by atoms with van der Waals surface area (Å²) in [6.07, 6.45) is 3.80. The summed E-state index contributed by atoms with van der Waals surface area (Å²) in [4.78, 5) is 24.3. The number of carbonyl (C=O) groups excluding carboxylic acids is 1. The van der Waals surface area contributed by atoms with Crippen molar-refractivity contribution in [1.82, 2.24) is 15.0 Å². The number of hydrogen-bond donors (Lipinski definition) is 1. The third kappa shape index (κ3) is 2.76. The van der Waals surface area contributed by atoms with E-state index in [1.54, 1.807) is 12.1 Å². The lowest BCUT2D eigenvalue weighted by molar-refractivity contribution is 0.0963. The van der Waals surface area contributed by atoms with Crippen molar-refractivity contribution in [3.05, 3.63) is 71.6 Å². The van der Waals surface area contributed by atoms with E-state index in [-0.39, 0.29) is 17.6 Å². The molecule has 1 unspecified atom stereocenters. The van der Waals surface area contributed by atoms with Gasteiger partial charge in [-0.15, -0.1) is 0 Å². The van der Waals surface area contributed by atoms with Crippen LogP contribution in [0.3, 0.4) is 0 Å². The third-order valence-corrected chi connectivity index (χ3v) is 4.51. The summed E-state index contributed by atoms with van der Waals surface area (Å²) in [7, 11) is 0. The van der Waals surface area contributed by atoms with Crippen LogP contribution in [-0.2, 0) is 6.42 Å². The molecule has 1 aliphatic carbocycles. The highest BCUT2D eigenvalue weighted by molar-refractivity contribution is 5.98. The zero-order valence-corrected chi connectivity index (χ0v) is 13.3. The molecule has 0 spiro atoms. The van der Waals surface area contributed by atoms with Crippen LogP contribution in [0.15, 0.2) is 48.8 Å². The molecule has 124 valence electrons. The van der Waals surface area contributed by atoms with Gasteiger partial charge in [-0.1, -0.05) is 24.3 Å². The first-order chi connectivity index (χ1) is 12.1. The predicted octanol–water partition coefficient (Wildman–Crippen LogP) is 3.17. The first kappa shape index (κ1) is 15.4. The van der Waals surface area contributed by atoms with E-state index in [0.29, 0.717) is 29.7 Å². The van der Waals surface area contributed by atoms with Gasteiger partial charge in [0.15, 0.2) is 5.78 Å². The van der Waals surface area contributed by atoms with Crippen molar-refractivity contribution < 1.29 is 9.18 Å². The lowest BCUT2D eigenvalue weighted by Gasteiger charge is -2.25. The Labute approximate surface area is 143 Å². The van der Waals surface area contributed by atoms with Crippen molar-refractivity contribution in [1.29, 1.82) is 0 Å². The van der Waals surface area contributed by atoms with E-state index in [0.717, 1.165) is 11.1 Å². The molecule has 3 aromatic rings. The van der Waals surface area contributed by atoms with Crippen LogP contribution in [-0.4, -0.2) is 20.7 Å².